The van der Waals surface area contributed by atoms with Crippen molar-refractivity contribution in [2.24, 2.45) is 5.92 Å². The fourth-order valence-electron chi connectivity index (χ4n) is 5.62. The predicted octanol–water partition coefficient (Wildman–Crippen LogP) is 4.30. The molecule has 0 radical (unpaired) electrons. The highest BCUT2D eigenvalue weighted by atomic mass is 32.2. The van der Waals surface area contributed by atoms with Gasteiger partial charge in [0.2, 0.25) is 11.8 Å². The first kappa shape index (κ1) is 31.7. The summed E-state index contributed by atoms with van der Waals surface area (Å²) in [5, 5.41) is 9.77. The molecule has 1 N–H and O–H groups in total. The molecule has 15 heteroatoms. The molecule has 0 spiro atoms. The number of nitrogens with zero attached hydrogens (tertiary/aromatic N) is 2. The van der Waals surface area contributed by atoms with Crippen molar-refractivity contribution in [2.45, 2.75) is 53.8 Å². The Bertz CT molecular complexity index is 1420. The van der Waals surface area contributed by atoms with Crippen molar-refractivity contribution in [1.82, 2.24) is 9.80 Å². The molecule has 2 saturated heterocycles. The van der Waals surface area contributed by atoms with Crippen molar-refractivity contribution in [3.05, 3.63) is 65.5 Å². The average molecular weight is 625 g/mol. The number of carbonyl (C=O) groups is 2. The number of likely N-dealkylation sites (tertiary alicyclic amines) is 2. The average Bonchev–Trinajstić information content (AvgIpc) is 3.39. The first-order chi connectivity index (χ1) is 19.3. The van der Waals surface area contributed by atoms with Crippen LogP contribution in [0.15, 0.2) is 53.4 Å². The molecule has 2 amide bonds. The lowest BCUT2D eigenvalue weighted by molar-refractivity contribution is -0.376. The fraction of sp³-hybridized carbons (Fsp3) is 0.481. The topological polar surface area (TPSA) is 95.0 Å². The zero-order valence-corrected chi connectivity index (χ0v) is 23.0. The van der Waals surface area contributed by atoms with E-state index in [1.807, 2.05) is 0 Å². The van der Waals surface area contributed by atoms with E-state index in [-0.39, 0.29) is 29.3 Å². The standard InChI is InChI=1S/C27H27F7N2O5S/c1-17(37)35-13-10-18(11-14-35)23(38)36-15-12-24(16-36,42(40,41)22-8-6-21(28)7-9-22)19-2-4-20(5-3-19)25(39,26(29,30)31)27(32,33)34/h2-9,18,39H,10-16H2,1H3. The molecular weight excluding hydrogens is 597 g/mol. The van der Waals surface area contributed by atoms with Crippen LogP contribution in [-0.4, -0.2) is 73.7 Å². The number of sulfone groups is 1. The maximum Gasteiger partial charge on any atom is 0.430 e. The molecule has 0 bridgehead atoms. The highest BCUT2D eigenvalue weighted by Crippen LogP contribution is 2.51. The summed E-state index contributed by atoms with van der Waals surface area (Å²) in [7, 11) is -4.51. The molecule has 42 heavy (non-hydrogen) atoms. The van der Waals surface area contributed by atoms with E-state index in [1.165, 1.54) is 11.8 Å². The van der Waals surface area contributed by atoms with E-state index in [0.717, 1.165) is 36.4 Å². The molecule has 7 nitrogen and oxygen atoms in total. The second-order valence-corrected chi connectivity index (χ2v) is 12.8. The zero-order chi connectivity index (χ0) is 31.3. The van der Waals surface area contributed by atoms with Gasteiger partial charge in [-0.2, -0.15) is 26.3 Å². The Kier molecular flexibility index (Phi) is 8.17. The summed E-state index contributed by atoms with van der Waals surface area (Å²) in [4.78, 5) is 27.5. The normalized spacial score (nSPS) is 21.1. The van der Waals surface area contributed by atoms with Crippen LogP contribution in [0.1, 0.15) is 37.3 Å². The zero-order valence-electron chi connectivity index (χ0n) is 22.2. The smallest absolute Gasteiger partial charge is 0.369 e. The van der Waals surface area contributed by atoms with Crippen LogP contribution in [-0.2, 0) is 29.8 Å². The summed E-state index contributed by atoms with van der Waals surface area (Å²) in [5.74, 6) is -1.82. The van der Waals surface area contributed by atoms with Crippen molar-refractivity contribution in [3.63, 3.8) is 0 Å². The molecule has 0 aliphatic carbocycles. The van der Waals surface area contributed by atoms with Gasteiger partial charge >= 0.3 is 12.4 Å². The van der Waals surface area contributed by atoms with Gasteiger partial charge in [0.25, 0.3) is 5.60 Å². The van der Waals surface area contributed by atoms with Crippen LogP contribution >= 0.6 is 0 Å². The molecule has 1 unspecified atom stereocenters. The van der Waals surface area contributed by atoms with Crippen molar-refractivity contribution in [2.75, 3.05) is 26.2 Å². The van der Waals surface area contributed by atoms with E-state index in [0.29, 0.717) is 38.1 Å². The fourth-order valence-corrected chi connectivity index (χ4v) is 7.70. The Morgan fingerprint density at radius 1 is 0.857 bits per heavy atom. The molecule has 0 aromatic heterocycles. The van der Waals surface area contributed by atoms with Gasteiger partial charge in [-0.25, -0.2) is 12.8 Å². The number of piperidine rings is 1. The molecule has 230 valence electrons. The van der Waals surface area contributed by atoms with Gasteiger partial charge in [0.15, 0.2) is 9.84 Å². The van der Waals surface area contributed by atoms with Gasteiger partial charge in [0.1, 0.15) is 10.6 Å². The van der Waals surface area contributed by atoms with Crippen LogP contribution in [0.25, 0.3) is 0 Å². The monoisotopic (exact) mass is 624 g/mol. The molecule has 2 aliphatic heterocycles. The third-order valence-corrected chi connectivity index (χ3v) is 10.6. The van der Waals surface area contributed by atoms with E-state index in [2.05, 4.69) is 0 Å². The van der Waals surface area contributed by atoms with Crippen LogP contribution in [0.2, 0.25) is 0 Å². The Morgan fingerprint density at radius 3 is 1.86 bits per heavy atom. The molecule has 1 atom stereocenters. The van der Waals surface area contributed by atoms with Crippen molar-refractivity contribution in [3.8, 4) is 0 Å². The maximum absolute atomic E-state index is 14.0. The van der Waals surface area contributed by atoms with Gasteiger partial charge < -0.3 is 14.9 Å². The molecule has 2 heterocycles. The molecule has 2 aromatic rings. The third kappa shape index (κ3) is 5.25. The van der Waals surface area contributed by atoms with E-state index in [4.69, 9.17) is 0 Å². The quantitative estimate of drug-likeness (QED) is 0.396. The summed E-state index contributed by atoms with van der Waals surface area (Å²) in [6.07, 6.45) is -11.9. The number of hydrogen-bond donors (Lipinski definition) is 1. The Hall–Kier alpha value is -3.20. The molecule has 2 aliphatic rings. The minimum Gasteiger partial charge on any atom is -0.369 e. The molecule has 2 aromatic carbocycles. The number of amides is 2. The summed E-state index contributed by atoms with van der Waals surface area (Å²) >= 11 is 0. The minimum absolute atomic E-state index is 0.0943. The van der Waals surface area contributed by atoms with Crippen molar-refractivity contribution >= 4 is 21.7 Å². The van der Waals surface area contributed by atoms with E-state index < -0.39 is 62.3 Å². The summed E-state index contributed by atoms with van der Waals surface area (Å²) < 4.78 is 120. The van der Waals surface area contributed by atoms with Crippen LogP contribution in [0, 0.1) is 11.7 Å². The first-order valence-corrected chi connectivity index (χ1v) is 14.3. The largest absolute Gasteiger partial charge is 0.430 e. The molecule has 2 fully saturated rings. The predicted molar refractivity (Wildman–Crippen MR) is 134 cm³/mol. The number of alkyl halides is 6. The number of hydrogen-bond acceptors (Lipinski definition) is 5. The Balaban J connectivity index is 1.74. The van der Waals surface area contributed by atoms with Crippen molar-refractivity contribution < 1.29 is 53.8 Å². The van der Waals surface area contributed by atoms with Gasteiger partial charge in [0, 0.05) is 44.6 Å². The summed E-state index contributed by atoms with van der Waals surface area (Å²) in [6.45, 7) is 1.47. The minimum atomic E-state index is -6.14. The first-order valence-electron chi connectivity index (χ1n) is 12.9. The molecular formula is C27H27F7N2O5S. The number of benzene rings is 2. The molecule has 4 rings (SSSR count). The van der Waals surface area contributed by atoms with Crippen LogP contribution in [0.5, 0.6) is 0 Å². The number of carbonyl (C=O) groups excluding carboxylic acids is 2. The summed E-state index contributed by atoms with van der Waals surface area (Å²) in [6, 6.07) is 5.98. The third-order valence-electron chi connectivity index (χ3n) is 8.12. The maximum atomic E-state index is 14.0. The van der Waals surface area contributed by atoms with Crippen LogP contribution in [0.3, 0.4) is 0 Å². The van der Waals surface area contributed by atoms with E-state index in [1.54, 1.807) is 4.90 Å². The van der Waals surface area contributed by atoms with Crippen LogP contribution < -0.4 is 0 Å². The lowest BCUT2D eigenvalue weighted by atomic mass is 9.89. The Labute approximate surface area is 236 Å². The SMILES string of the molecule is CC(=O)N1CCC(C(=O)N2CCC(c3ccc(C(O)(C(F)(F)F)C(F)(F)F)cc3)(S(=O)(=O)c3ccc(F)cc3)C2)CC1. The van der Waals surface area contributed by atoms with Crippen molar-refractivity contribution in [1.29, 1.82) is 0 Å². The van der Waals surface area contributed by atoms with E-state index >= 15 is 0 Å². The lowest BCUT2D eigenvalue weighted by Gasteiger charge is -2.35. The second kappa shape index (κ2) is 10.8. The van der Waals surface area contributed by atoms with Gasteiger partial charge in [-0.15, -0.1) is 0 Å². The highest BCUT2D eigenvalue weighted by Gasteiger charge is 2.71. The summed E-state index contributed by atoms with van der Waals surface area (Å²) in [5.41, 5.74) is -6.98. The lowest BCUT2D eigenvalue weighted by Crippen LogP contribution is -2.54. The van der Waals surface area contributed by atoms with Crippen LogP contribution in [0.4, 0.5) is 30.7 Å². The number of rotatable bonds is 5. The molecule has 0 saturated carbocycles. The number of halogens is 7. The van der Waals surface area contributed by atoms with E-state index in [9.17, 15) is 53.8 Å². The highest BCUT2D eigenvalue weighted by molar-refractivity contribution is 7.92. The van der Waals surface area contributed by atoms with Gasteiger partial charge in [-0.3, -0.25) is 9.59 Å². The Morgan fingerprint density at radius 2 is 1.38 bits per heavy atom. The number of aliphatic hydroxyl groups is 1. The van der Waals surface area contributed by atoms with Gasteiger partial charge in [0.05, 0.1) is 4.90 Å². The van der Waals surface area contributed by atoms with Gasteiger partial charge in [-0.05, 0) is 49.1 Å². The second-order valence-electron chi connectivity index (χ2n) is 10.5. The van der Waals surface area contributed by atoms with Gasteiger partial charge in [-0.1, -0.05) is 24.3 Å².